The van der Waals surface area contributed by atoms with Crippen LogP contribution in [0.5, 0.6) is 17.2 Å². The summed E-state index contributed by atoms with van der Waals surface area (Å²) in [6.45, 7) is 5.12. The first-order valence-corrected chi connectivity index (χ1v) is 16.3. The highest BCUT2D eigenvalue weighted by molar-refractivity contribution is 5.77. The van der Waals surface area contributed by atoms with Crippen LogP contribution in [0.25, 0.3) is 0 Å². The molecule has 2 aromatic carbocycles. The van der Waals surface area contributed by atoms with Gasteiger partial charge in [-0.2, -0.15) is 5.26 Å². The molecule has 1 saturated carbocycles. The molecule has 1 aliphatic rings. The topological polar surface area (TPSA) is 198 Å². The number of nitriles is 1. The van der Waals surface area contributed by atoms with Gasteiger partial charge in [0, 0.05) is 26.5 Å². The third kappa shape index (κ3) is 10.6. The van der Waals surface area contributed by atoms with Crippen LogP contribution in [0.15, 0.2) is 42.5 Å². The van der Waals surface area contributed by atoms with Gasteiger partial charge in [-0.15, -0.1) is 20.2 Å². The van der Waals surface area contributed by atoms with E-state index in [2.05, 4.69) is 16.3 Å². The second-order valence-electron chi connectivity index (χ2n) is 12.5. The summed E-state index contributed by atoms with van der Waals surface area (Å²) >= 11 is 0. The summed E-state index contributed by atoms with van der Waals surface area (Å²) < 4.78 is 22.0. The first-order valence-electron chi connectivity index (χ1n) is 16.3. The zero-order valence-corrected chi connectivity index (χ0v) is 29.4. The summed E-state index contributed by atoms with van der Waals surface area (Å²) in [5.41, 5.74) is 1.02. The number of para-hydroxylation sites is 1. The van der Waals surface area contributed by atoms with Gasteiger partial charge in [0.25, 0.3) is 10.2 Å². The molecule has 16 heteroatoms. The van der Waals surface area contributed by atoms with Gasteiger partial charge in [-0.05, 0) is 68.1 Å². The monoisotopic (exact) mass is 701 g/mol. The second-order valence-corrected chi connectivity index (χ2v) is 12.5. The van der Waals surface area contributed by atoms with Gasteiger partial charge in [0.2, 0.25) is 5.91 Å². The molecule has 0 saturated heterocycles. The fourth-order valence-corrected chi connectivity index (χ4v) is 6.41. The van der Waals surface area contributed by atoms with Crippen LogP contribution in [0, 0.1) is 37.5 Å². The molecular weight excluding hydrogens is 654 g/mol. The van der Waals surface area contributed by atoms with Crippen LogP contribution in [-0.4, -0.2) is 93.4 Å². The van der Waals surface area contributed by atoms with Gasteiger partial charge >= 0.3 is 0 Å². The molecule has 1 fully saturated rings. The standard InChI is InChI=1S/C34H47N5O11/c1-23(2)34(22-35,25-12-13-28(46-5)29(18-25)47-6)15-9-16-37(3)17-14-24-10-7-8-11-27(24)48-26-19-30(49-38(41)42)33(36-32(40)21-45-4)31(20-26)50-39(43)44/h7-8,10-13,18,23,26,30-31,33H,9,14-17,19-21H2,1-6H3,(H,36,40). The SMILES string of the molecule is COCC(=O)NC1C(O[N+](=O)[O-])CC(Oc2ccccc2CCN(C)CCCC(C#N)(c2ccc(OC)c(OC)c2)C(C)C)CC1O[N+](=O)[O-]. The van der Waals surface area contributed by atoms with E-state index >= 15 is 0 Å². The number of methoxy groups -OCH3 is 3. The van der Waals surface area contributed by atoms with Gasteiger partial charge < -0.3 is 38.8 Å². The van der Waals surface area contributed by atoms with E-state index in [4.69, 9.17) is 28.6 Å². The van der Waals surface area contributed by atoms with Gasteiger partial charge in [0.05, 0.1) is 31.7 Å². The number of hydrogen-bond acceptors (Lipinski definition) is 13. The Labute approximate surface area is 291 Å². The van der Waals surface area contributed by atoms with Crippen molar-refractivity contribution in [3.63, 3.8) is 0 Å². The predicted molar refractivity (Wildman–Crippen MR) is 180 cm³/mol. The van der Waals surface area contributed by atoms with E-state index < -0.39 is 45.8 Å². The Balaban J connectivity index is 1.68. The molecule has 0 aliphatic heterocycles. The molecule has 1 amide bonds. The number of ether oxygens (including phenoxy) is 4. The van der Waals surface area contributed by atoms with Crippen molar-refractivity contribution in [3.05, 3.63) is 73.8 Å². The zero-order valence-electron chi connectivity index (χ0n) is 29.4. The van der Waals surface area contributed by atoms with Crippen molar-refractivity contribution < 1.29 is 43.6 Å². The van der Waals surface area contributed by atoms with Crippen LogP contribution < -0.4 is 19.5 Å². The maximum atomic E-state index is 12.2. The molecule has 16 nitrogen and oxygen atoms in total. The quantitative estimate of drug-likeness (QED) is 0.154. The first kappa shape index (κ1) is 39.6. The van der Waals surface area contributed by atoms with Crippen LogP contribution in [0.4, 0.5) is 0 Å². The minimum absolute atomic E-state index is 0.0404. The number of likely N-dealkylation sites (N-methyl/N-ethyl adjacent to an activating group) is 1. The summed E-state index contributed by atoms with van der Waals surface area (Å²) in [5.74, 6) is 1.10. The van der Waals surface area contributed by atoms with Crippen LogP contribution >= 0.6 is 0 Å². The number of hydrogen-bond donors (Lipinski definition) is 1. The molecule has 3 atom stereocenters. The molecular formula is C34H47N5O11. The maximum absolute atomic E-state index is 12.2. The molecule has 0 bridgehead atoms. The average molecular weight is 702 g/mol. The number of amides is 1. The summed E-state index contributed by atoms with van der Waals surface area (Å²) in [7, 11) is 6.44. The fourth-order valence-electron chi connectivity index (χ4n) is 6.41. The Morgan fingerprint density at radius 3 is 2.20 bits per heavy atom. The lowest BCUT2D eigenvalue weighted by atomic mass is 9.69. The Morgan fingerprint density at radius 1 is 1.00 bits per heavy atom. The molecule has 0 heterocycles. The predicted octanol–water partition coefficient (Wildman–Crippen LogP) is 3.90. The van der Waals surface area contributed by atoms with E-state index in [0.717, 1.165) is 24.1 Å². The third-order valence-corrected chi connectivity index (χ3v) is 9.06. The molecule has 50 heavy (non-hydrogen) atoms. The van der Waals surface area contributed by atoms with Crippen LogP contribution in [0.1, 0.15) is 50.7 Å². The molecule has 1 aliphatic carbocycles. The van der Waals surface area contributed by atoms with Crippen LogP contribution in [-0.2, 0) is 31.0 Å². The Bertz CT molecular complexity index is 1460. The zero-order chi connectivity index (χ0) is 36.8. The third-order valence-electron chi connectivity index (χ3n) is 9.06. The van der Waals surface area contributed by atoms with Crippen molar-refractivity contribution in [2.45, 2.75) is 75.7 Å². The highest BCUT2D eigenvalue weighted by Crippen LogP contribution is 2.40. The number of rotatable bonds is 20. The van der Waals surface area contributed by atoms with Crippen molar-refractivity contribution in [2.75, 3.05) is 48.1 Å². The minimum Gasteiger partial charge on any atom is -0.493 e. The summed E-state index contributed by atoms with van der Waals surface area (Å²) in [6, 6.07) is 14.4. The van der Waals surface area contributed by atoms with Gasteiger partial charge in [0.15, 0.2) is 11.5 Å². The Morgan fingerprint density at radius 2 is 1.64 bits per heavy atom. The van der Waals surface area contributed by atoms with E-state index in [1.54, 1.807) is 26.4 Å². The minimum atomic E-state index is -1.28. The van der Waals surface area contributed by atoms with Gasteiger partial charge in [0.1, 0.15) is 30.7 Å². The number of nitrogens with one attached hydrogen (secondary N) is 1. The molecule has 0 radical (unpaired) electrons. The molecule has 0 aromatic heterocycles. The largest absolute Gasteiger partial charge is 0.493 e. The van der Waals surface area contributed by atoms with E-state index in [1.165, 1.54) is 7.11 Å². The molecule has 0 spiro atoms. The van der Waals surface area contributed by atoms with Crippen molar-refractivity contribution in [3.8, 4) is 23.3 Å². The van der Waals surface area contributed by atoms with E-state index in [0.29, 0.717) is 36.6 Å². The lowest BCUT2D eigenvalue weighted by Gasteiger charge is -2.39. The number of carbonyl (C=O) groups is 1. The van der Waals surface area contributed by atoms with Crippen LogP contribution in [0.3, 0.4) is 0 Å². The molecule has 2 aromatic rings. The van der Waals surface area contributed by atoms with Crippen molar-refractivity contribution in [2.24, 2.45) is 5.92 Å². The molecule has 1 N–H and O–H groups in total. The Kier molecular flexibility index (Phi) is 14.8. The van der Waals surface area contributed by atoms with Gasteiger partial charge in [-0.25, -0.2) is 0 Å². The van der Waals surface area contributed by atoms with E-state index in [1.807, 2.05) is 51.2 Å². The second kappa shape index (κ2) is 18.8. The van der Waals surface area contributed by atoms with Crippen molar-refractivity contribution in [1.29, 1.82) is 5.26 Å². The van der Waals surface area contributed by atoms with Gasteiger partial charge in [-0.1, -0.05) is 38.1 Å². The average Bonchev–Trinajstić information content (AvgIpc) is 3.07. The smallest absolute Gasteiger partial charge is 0.294 e. The Hall–Kier alpha value is -4.88. The normalized spacial score (nSPS) is 19.9. The lowest BCUT2D eigenvalue weighted by Crippen LogP contribution is -2.59. The highest BCUT2D eigenvalue weighted by Gasteiger charge is 2.44. The highest BCUT2D eigenvalue weighted by atomic mass is 17.0. The lowest BCUT2D eigenvalue weighted by molar-refractivity contribution is -0.782. The number of benzene rings is 2. The van der Waals surface area contributed by atoms with Gasteiger partial charge in [-0.3, -0.25) is 4.79 Å². The van der Waals surface area contributed by atoms with Crippen molar-refractivity contribution in [1.82, 2.24) is 10.2 Å². The number of nitrogens with zero attached hydrogens (tertiary/aromatic N) is 4. The summed E-state index contributed by atoms with van der Waals surface area (Å²) in [5, 5.41) is 33.5. The summed E-state index contributed by atoms with van der Waals surface area (Å²) in [4.78, 5) is 46.8. The van der Waals surface area contributed by atoms with E-state index in [-0.39, 0.29) is 25.4 Å². The van der Waals surface area contributed by atoms with E-state index in [9.17, 15) is 30.3 Å². The van der Waals surface area contributed by atoms with Crippen molar-refractivity contribution >= 4 is 5.91 Å². The maximum Gasteiger partial charge on any atom is 0.294 e. The molecule has 274 valence electrons. The molecule has 3 unspecified atom stereocenters. The first-order chi connectivity index (χ1) is 23.9. The molecule has 3 rings (SSSR count). The fraction of sp³-hybridized carbons (Fsp3) is 0.588. The number of carbonyl (C=O) groups excluding carboxylic acids is 1. The summed E-state index contributed by atoms with van der Waals surface area (Å²) in [6.07, 6.45) is -1.41. The van der Waals surface area contributed by atoms with Crippen LogP contribution in [0.2, 0.25) is 0 Å².